The molecule has 1 saturated heterocycles. The van der Waals surface area contributed by atoms with E-state index in [1.54, 1.807) is 6.07 Å². The third kappa shape index (κ3) is 3.73. The molecule has 2 rings (SSSR count). The van der Waals surface area contributed by atoms with E-state index in [-0.39, 0.29) is 0 Å². The van der Waals surface area contributed by atoms with Crippen LogP contribution < -0.4 is 5.32 Å². The maximum atomic E-state index is 11.0. The summed E-state index contributed by atoms with van der Waals surface area (Å²) in [4.78, 5) is 22.5. The third-order valence-corrected chi connectivity index (χ3v) is 3.47. The standard InChI is InChI=1S/C13H18N4O4/c1-9-6-15(7-10(2)14-9)8-11-3-4-12(16(18)19)13(5-11)17(20)21/h3-5,9-10,14H,6-8H2,1-2H3. The number of hydrogen-bond donors (Lipinski definition) is 1. The first-order valence-electron chi connectivity index (χ1n) is 6.77. The van der Waals surface area contributed by atoms with E-state index in [9.17, 15) is 20.2 Å². The Bertz CT molecular complexity index is 553. The molecule has 0 radical (unpaired) electrons. The zero-order valence-corrected chi connectivity index (χ0v) is 12.0. The summed E-state index contributed by atoms with van der Waals surface area (Å²) in [5.41, 5.74) is -0.201. The van der Waals surface area contributed by atoms with Crippen LogP contribution in [0.25, 0.3) is 0 Å². The Morgan fingerprint density at radius 1 is 1.14 bits per heavy atom. The average molecular weight is 294 g/mol. The molecular formula is C13H18N4O4. The van der Waals surface area contributed by atoms with Crippen molar-refractivity contribution < 1.29 is 9.85 Å². The molecule has 0 bridgehead atoms. The maximum absolute atomic E-state index is 11.0. The zero-order chi connectivity index (χ0) is 15.6. The molecule has 1 aromatic rings. The molecule has 8 nitrogen and oxygen atoms in total. The smallest absolute Gasteiger partial charge is 0.309 e. The number of hydrogen-bond acceptors (Lipinski definition) is 6. The molecule has 114 valence electrons. The van der Waals surface area contributed by atoms with Crippen LogP contribution in [0.4, 0.5) is 11.4 Å². The number of nitrogens with one attached hydrogen (secondary N) is 1. The molecule has 2 atom stereocenters. The van der Waals surface area contributed by atoms with Gasteiger partial charge >= 0.3 is 11.4 Å². The van der Waals surface area contributed by atoms with Crippen molar-refractivity contribution in [3.63, 3.8) is 0 Å². The van der Waals surface area contributed by atoms with Gasteiger partial charge < -0.3 is 5.32 Å². The van der Waals surface area contributed by atoms with Gasteiger partial charge in [0.1, 0.15) is 0 Å². The summed E-state index contributed by atoms with van der Waals surface area (Å²) in [6.45, 7) is 6.40. The van der Waals surface area contributed by atoms with E-state index in [4.69, 9.17) is 0 Å². The summed E-state index contributed by atoms with van der Waals surface area (Å²) in [5.74, 6) is 0. The van der Waals surface area contributed by atoms with Crippen molar-refractivity contribution in [2.24, 2.45) is 0 Å². The molecule has 1 aliphatic heterocycles. The molecule has 8 heteroatoms. The number of nitro benzene ring substituents is 2. The molecule has 1 fully saturated rings. The second-order valence-corrected chi connectivity index (χ2v) is 5.50. The van der Waals surface area contributed by atoms with Crippen LogP contribution >= 0.6 is 0 Å². The van der Waals surface area contributed by atoms with Gasteiger partial charge in [-0.2, -0.15) is 0 Å². The van der Waals surface area contributed by atoms with E-state index >= 15 is 0 Å². The molecule has 1 heterocycles. The lowest BCUT2D eigenvalue weighted by molar-refractivity contribution is -0.422. The fourth-order valence-corrected chi connectivity index (χ4v) is 2.80. The zero-order valence-electron chi connectivity index (χ0n) is 12.0. The van der Waals surface area contributed by atoms with Gasteiger partial charge in [-0.05, 0) is 19.4 Å². The molecule has 0 amide bonds. The van der Waals surface area contributed by atoms with Gasteiger partial charge in [0.2, 0.25) is 0 Å². The summed E-state index contributed by atoms with van der Waals surface area (Å²) >= 11 is 0. The van der Waals surface area contributed by atoms with Gasteiger partial charge in [0, 0.05) is 43.9 Å². The van der Waals surface area contributed by atoms with Crippen LogP contribution in [0, 0.1) is 20.2 Å². The predicted octanol–water partition coefficient (Wildman–Crippen LogP) is 1.69. The second kappa shape index (κ2) is 6.15. The van der Waals surface area contributed by atoms with Gasteiger partial charge in [-0.25, -0.2) is 0 Å². The topological polar surface area (TPSA) is 102 Å². The number of nitro groups is 2. The molecule has 1 aromatic carbocycles. The largest absolute Gasteiger partial charge is 0.346 e. The summed E-state index contributed by atoms with van der Waals surface area (Å²) in [7, 11) is 0. The fraction of sp³-hybridized carbons (Fsp3) is 0.538. The highest BCUT2D eigenvalue weighted by atomic mass is 16.6. The summed E-state index contributed by atoms with van der Waals surface area (Å²) in [5, 5.41) is 25.2. The number of nitrogens with zero attached hydrogens (tertiary/aromatic N) is 3. The lowest BCUT2D eigenvalue weighted by Crippen LogP contribution is -2.53. The Morgan fingerprint density at radius 2 is 1.71 bits per heavy atom. The minimum Gasteiger partial charge on any atom is -0.309 e. The van der Waals surface area contributed by atoms with E-state index < -0.39 is 21.2 Å². The highest BCUT2D eigenvalue weighted by Gasteiger charge is 2.26. The Hall–Kier alpha value is -2.06. The number of rotatable bonds is 4. The lowest BCUT2D eigenvalue weighted by atomic mass is 10.1. The van der Waals surface area contributed by atoms with Crippen LogP contribution in [0.15, 0.2) is 18.2 Å². The Balaban J connectivity index is 2.19. The highest BCUT2D eigenvalue weighted by molar-refractivity contribution is 5.54. The SMILES string of the molecule is CC1CN(Cc2ccc([N+](=O)[O-])c([N+](=O)[O-])c2)CC(C)N1. The van der Waals surface area contributed by atoms with Crippen LogP contribution in [0.3, 0.4) is 0 Å². The summed E-state index contributed by atoms with van der Waals surface area (Å²) < 4.78 is 0. The first kappa shape index (κ1) is 15.3. The number of benzene rings is 1. The second-order valence-electron chi connectivity index (χ2n) is 5.50. The van der Waals surface area contributed by atoms with Crippen LogP contribution in [-0.4, -0.2) is 39.9 Å². The van der Waals surface area contributed by atoms with E-state index in [1.165, 1.54) is 12.1 Å². The molecule has 0 spiro atoms. The van der Waals surface area contributed by atoms with Crippen molar-refractivity contribution in [3.05, 3.63) is 44.0 Å². The molecule has 0 saturated carbocycles. The van der Waals surface area contributed by atoms with E-state index in [0.29, 0.717) is 24.2 Å². The van der Waals surface area contributed by atoms with Crippen molar-refractivity contribution in [1.29, 1.82) is 0 Å². The highest BCUT2D eigenvalue weighted by Crippen LogP contribution is 2.28. The van der Waals surface area contributed by atoms with Gasteiger partial charge in [-0.15, -0.1) is 0 Å². The summed E-state index contributed by atoms with van der Waals surface area (Å²) in [6.07, 6.45) is 0. The Kier molecular flexibility index (Phi) is 4.49. The predicted molar refractivity (Wildman–Crippen MR) is 77.1 cm³/mol. The lowest BCUT2D eigenvalue weighted by Gasteiger charge is -2.36. The van der Waals surface area contributed by atoms with E-state index in [0.717, 1.165) is 13.1 Å². The van der Waals surface area contributed by atoms with Gasteiger partial charge in [0.05, 0.1) is 9.85 Å². The van der Waals surface area contributed by atoms with Crippen molar-refractivity contribution in [1.82, 2.24) is 10.2 Å². The maximum Gasteiger partial charge on any atom is 0.346 e. The van der Waals surface area contributed by atoms with Crippen LogP contribution in [-0.2, 0) is 6.54 Å². The molecule has 0 aliphatic carbocycles. The van der Waals surface area contributed by atoms with E-state index in [1.807, 2.05) is 0 Å². The minimum absolute atomic E-state index is 0.349. The van der Waals surface area contributed by atoms with Crippen LogP contribution in [0.5, 0.6) is 0 Å². The normalized spacial score (nSPS) is 23.0. The van der Waals surface area contributed by atoms with E-state index in [2.05, 4.69) is 24.1 Å². The van der Waals surface area contributed by atoms with Gasteiger partial charge in [0.15, 0.2) is 0 Å². The summed E-state index contributed by atoms with van der Waals surface area (Å²) in [6, 6.07) is 4.80. The first-order chi connectivity index (χ1) is 9.86. The van der Waals surface area contributed by atoms with Crippen LogP contribution in [0.2, 0.25) is 0 Å². The molecule has 1 N–H and O–H groups in total. The number of piperazine rings is 1. The van der Waals surface area contributed by atoms with Gasteiger partial charge in [0.25, 0.3) is 0 Å². The Morgan fingerprint density at radius 3 is 2.24 bits per heavy atom. The first-order valence-corrected chi connectivity index (χ1v) is 6.77. The quantitative estimate of drug-likeness (QED) is 0.669. The van der Waals surface area contributed by atoms with Crippen molar-refractivity contribution >= 4 is 11.4 Å². The van der Waals surface area contributed by atoms with Crippen molar-refractivity contribution in [2.75, 3.05) is 13.1 Å². The van der Waals surface area contributed by atoms with Crippen LogP contribution in [0.1, 0.15) is 19.4 Å². The molecule has 21 heavy (non-hydrogen) atoms. The molecule has 2 unspecified atom stereocenters. The molecule has 1 aliphatic rings. The Labute approximate surface area is 122 Å². The average Bonchev–Trinajstić information content (AvgIpc) is 2.36. The van der Waals surface area contributed by atoms with Crippen molar-refractivity contribution in [2.45, 2.75) is 32.5 Å². The van der Waals surface area contributed by atoms with Gasteiger partial charge in [-0.1, -0.05) is 6.07 Å². The minimum atomic E-state index is -0.725. The fourth-order valence-electron chi connectivity index (χ4n) is 2.80. The molecular weight excluding hydrogens is 276 g/mol. The molecule has 0 aromatic heterocycles. The van der Waals surface area contributed by atoms with Crippen molar-refractivity contribution in [3.8, 4) is 0 Å². The monoisotopic (exact) mass is 294 g/mol. The van der Waals surface area contributed by atoms with Gasteiger partial charge in [-0.3, -0.25) is 25.1 Å². The third-order valence-electron chi connectivity index (χ3n) is 3.47.